The molecular formula is C17H39NO. The lowest BCUT2D eigenvalue weighted by atomic mass is 10.2. The van der Waals surface area contributed by atoms with E-state index >= 15 is 0 Å². The molecule has 0 saturated carbocycles. The van der Waals surface area contributed by atoms with Gasteiger partial charge in [0.25, 0.3) is 0 Å². The maximum absolute atomic E-state index is 9.70. The van der Waals surface area contributed by atoms with E-state index in [1.54, 1.807) is 7.05 Å². The van der Waals surface area contributed by atoms with E-state index in [-0.39, 0.29) is 5.91 Å². The molecule has 0 atom stereocenters. The van der Waals surface area contributed by atoms with E-state index in [9.17, 15) is 4.79 Å². The summed E-state index contributed by atoms with van der Waals surface area (Å²) in [6, 6.07) is 0. The fourth-order valence-corrected chi connectivity index (χ4v) is 1.35. The molecule has 0 heterocycles. The van der Waals surface area contributed by atoms with Gasteiger partial charge in [-0.05, 0) is 0 Å². The monoisotopic (exact) mass is 273 g/mol. The highest BCUT2D eigenvalue weighted by atomic mass is 16.1. The standard InChI is InChI=1S/2C7H16.C3H7NO/c2*1-3-5-7-6-4-2;1-3(5)4-2/h2*3-7H2,1-2H3;1-2H3,(H,4,5). The number of nitrogens with one attached hydrogen (secondary N) is 1. The van der Waals surface area contributed by atoms with Gasteiger partial charge in [-0.1, -0.05) is 91.9 Å². The van der Waals surface area contributed by atoms with Crippen LogP contribution in [0.25, 0.3) is 0 Å². The average Bonchev–Trinajstić information content (AvgIpc) is 2.41. The smallest absolute Gasteiger partial charge is 0.216 e. The summed E-state index contributed by atoms with van der Waals surface area (Å²) in [6.07, 6.45) is 14.0. The maximum atomic E-state index is 9.70. The molecular weight excluding hydrogens is 234 g/mol. The largest absolute Gasteiger partial charge is 0.359 e. The third-order valence-electron chi connectivity index (χ3n) is 2.77. The summed E-state index contributed by atoms with van der Waals surface area (Å²) >= 11 is 0. The minimum Gasteiger partial charge on any atom is -0.359 e. The van der Waals surface area contributed by atoms with Gasteiger partial charge in [-0.2, -0.15) is 0 Å². The van der Waals surface area contributed by atoms with E-state index in [4.69, 9.17) is 0 Å². The molecule has 2 nitrogen and oxygen atoms in total. The van der Waals surface area contributed by atoms with Crippen LogP contribution in [0.2, 0.25) is 0 Å². The third-order valence-corrected chi connectivity index (χ3v) is 2.77. The van der Waals surface area contributed by atoms with Crippen LogP contribution in [0.3, 0.4) is 0 Å². The number of hydrogen-bond acceptors (Lipinski definition) is 1. The summed E-state index contributed by atoms with van der Waals surface area (Å²) in [7, 11) is 1.60. The molecule has 1 N–H and O–H groups in total. The zero-order valence-corrected chi connectivity index (χ0v) is 14.5. The molecule has 0 fully saturated rings. The second-order valence-electron chi connectivity index (χ2n) is 4.93. The molecule has 0 aromatic carbocycles. The number of unbranched alkanes of at least 4 members (excludes halogenated alkanes) is 8. The quantitative estimate of drug-likeness (QED) is 0.564. The number of rotatable bonds is 8. The SMILES string of the molecule is CCCCCCC.CCCCCCC.CNC(C)=O. The van der Waals surface area contributed by atoms with Gasteiger partial charge in [0, 0.05) is 14.0 Å². The van der Waals surface area contributed by atoms with Crippen molar-refractivity contribution in [2.24, 2.45) is 0 Å². The lowest BCUT2D eigenvalue weighted by Crippen LogP contribution is -2.11. The third kappa shape index (κ3) is 46.6. The van der Waals surface area contributed by atoms with Crippen molar-refractivity contribution in [2.45, 2.75) is 98.8 Å². The van der Waals surface area contributed by atoms with Crippen LogP contribution in [-0.2, 0) is 4.79 Å². The summed E-state index contributed by atoms with van der Waals surface area (Å²) in [4.78, 5) is 9.70. The van der Waals surface area contributed by atoms with Crippen LogP contribution < -0.4 is 5.32 Å². The Hall–Kier alpha value is -0.530. The summed E-state index contributed by atoms with van der Waals surface area (Å²) in [5.41, 5.74) is 0. The summed E-state index contributed by atoms with van der Waals surface area (Å²) in [5, 5.41) is 2.39. The highest BCUT2D eigenvalue weighted by molar-refractivity contribution is 5.72. The van der Waals surface area contributed by atoms with Crippen LogP contribution in [0.1, 0.15) is 98.8 Å². The molecule has 0 aliphatic rings. The van der Waals surface area contributed by atoms with Gasteiger partial charge in [0.1, 0.15) is 0 Å². The van der Waals surface area contributed by atoms with Crippen LogP contribution >= 0.6 is 0 Å². The molecule has 0 aliphatic carbocycles. The first kappa shape index (κ1) is 23.6. The summed E-state index contributed by atoms with van der Waals surface area (Å²) in [5.74, 6) is 0.00463. The van der Waals surface area contributed by atoms with Crippen LogP contribution in [-0.4, -0.2) is 13.0 Å². The normalized spacial score (nSPS) is 8.74. The van der Waals surface area contributed by atoms with Crippen molar-refractivity contribution in [3.63, 3.8) is 0 Å². The van der Waals surface area contributed by atoms with Crippen LogP contribution in [0.4, 0.5) is 0 Å². The first-order valence-corrected chi connectivity index (χ1v) is 8.28. The highest BCUT2D eigenvalue weighted by Gasteiger charge is 1.80. The van der Waals surface area contributed by atoms with Crippen molar-refractivity contribution in [1.29, 1.82) is 0 Å². The Morgan fingerprint density at radius 1 is 0.684 bits per heavy atom. The maximum Gasteiger partial charge on any atom is 0.216 e. The molecule has 0 aromatic heterocycles. The van der Waals surface area contributed by atoms with Gasteiger partial charge in [-0.25, -0.2) is 0 Å². The number of carbonyl (C=O) groups excluding carboxylic acids is 1. The Labute approximate surface area is 122 Å². The predicted molar refractivity (Wildman–Crippen MR) is 88.6 cm³/mol. The molecule has 0 radical (unpaired) electrons. The van der Waals surface area contributed by atoms with Gasteiger partial charge < -0.3 is 5.32 Å². The van der Waals surface area contributed by atoms with Crippen molar-refractivity contribution >= 4 is 5.91 Å². The van der Waals surface area contributed by atoms with Gasteiger partial charge in [0.05, 0.1) is 0 Å². The van der Waals surface area contributed by atoms with Gasteiger partial charge in [0.2, 0.25) is 5.91 Å². The average molecular weight is 274 g/mol. The molecule has 1 amide bonds. The molecule has 0 saturated heterocycles. The highest BCUT2D eigenvalue weighted by Crippen LogP contribution is 2.00. The van der Waals surface area contributed by atoms with Crippen LogP contribution in [0, 0.1) is 0 Å². The molecule has 2 heteroatoms. The van der Waals surface area contributed by atoms with Crippen LogP contribution in [0.15, 0.2) is 0 Å². The van der Waals surface area contributed by atoms with E-state index in [1.165, 1.54) is 71.1 Å². The van der Waals surface area contributed by atoms with Crippen molar-refractivity contribution < 1.29 is 4.79 Å². The zero-order chi connectivity index (χ0) is 15.4. The first-order valence-electron chi connectivity index (χ1n) is 8.28. The second-order valence-corrected chi connectivity index (χ2v) is 4.93. The van der Waals surface area contributed by atoms with E-state index in [1.807, 2.05) is 0 Å². The molecule has 0 aliphatic heterocycles. The molecule has 118 valence electrons. The minimum absolute atomic E-state index is 0.00463. The minimum atomic E-state index is 0.00463. The number of amides is 1. The lowest BCUT2D eigenvalue weighted by molar-refractivity contribution is -0.118. The second kappa shape index (κ2) is 26.1. The molecule has 0 aromatic rings. The topological polar surface area (TPSA) is 29.1 Å². The first-order chi connectivity index (χ1) is 9.10. The van der Waals surface area contributed by atoms with E-state index in [0.29, 0.717) is 0 Å². The Kier molecular flexibility index (Phi) is 32.4. The van der Waals surface area contributed by atoms with Gasteiger partial charge in [-0.3, -0.25) is 4.79 Å². The molecule has 19 heavy (non-hydrogen) atoms. The fourth-order valence-electron chi connectivity index (χ4n) is 1.35. The predicted octanol–water partition coefficient (Wildman–Crippen LogP) is 5.71. The fraction of sp³-hybridized carbons (Fsp3) is 0.941. The van der Waals surface area contributed by atoms with Crippen molar-refractivity contribution in [1.82, 2.24) is 5.32 Å². The Balaban J connectivity index is -0.000000206. The van der Waals surface area contributed by atoms with Crippen molar-refractivity contribution in [3.05, 3.63) is 0 Å². The molecule has 0 bridgehead atoms. The number of carbonyl (C=O) groups is 1. The molecule has 0 rings (SSSR count). The summed E-state index contributed by atoms with van der Waals surface area (Å²) < 4.78 is 0. The van der Waals surface area contributed by atoms with Crippen LogP contribution in [0.5, 0.6) is 0 Å². The van der Waals surface area contributed by atoms with E-state index in [2.05, 4.69) is 33.0 Å². The zero-order valence-electron chi connectivity index (χ0n) is 14.5. The van der Waals surface area contributed by atoms with Gasteiger partial charge in [0.15, 0.2) is 0 Å². The number of hydrogen-bond donors (Lipinski definition) is 1. The van der Waals surface area contributed by atoms with Crippen molar-refractivity contribution in [3.8, 4) is 0 Å². The van der Waals surface area contributed by atoms with Gasteiger partial charge >= 0.3 is 0 Å². The van der Waals surface area contributed by atoms with E-state index in [0.717, 1.165) is 0 Å². The Bertz CT molecular complexity index is 128. The Morgan fingerprint density at radius 2 is 0.895 bits per heavy atom. The van der Waals surface area contributed by atoms with E-state index < -0.39 is 0 Å². The summed E-state index contributed by atoms with van der Waals surface area (Å²) in [6.45, 7) is 10.5. The lowest BCUT2D eigenvalue weighted by Gasteiger charge is -1.90. The molecule has 0 spiro atoms. The van der Waals surface area contributed by atoms with Crippen molar-refractivity contribution in [2.75, 3.05) is 7.05 Å². The Morgan fingerprint density at radius 3 is 1.00 bits per heavy atom. The van der Waals surface area contributed by atoms with Gasteiger partial charge in [-0.15, -0.1) is 0 Å². The molecule has 0 unspecified atom stereocenters.